The van der Waals surface area contributed by atoms with E-state index >= 15 is 0 Å². The fraction of sp³-hybridized carbons (Fsp3) is 0.400. The van der Waals surface area contributed by atoms with Gasteiger partial charge in [-0.05, 0) is 19.9 Å². The summed E-state index contributed by atoms with van der Waals surface area (Å²) < 4.78 is 18.3. The quantitative estimate of drug-likeness (QED) is 0.830. The Hall–Kier alpha value is -1.65. The molecular weight excluding hydrogens is 201 g/mol. The van der Waals surface area contributed by atoms with Crippen molar-refractivity contribution >= 4 is 5.97 Å². The van der Waals surface area contributed by atoms with E-state index in [9.17, 15) is 9.18 Å². The van der Waals surface area contributed by atoms with Gasteiger partial charge in [-0.1, -0.05) is 0 Å². The summed E-state index contributed by atoms with van der Waals surface area (Å²) in [6, 6.07) is 1.34. The Morgan fingerprint density at radius 3 is 2.73 bits per heavy atom. The number of aromatic nitrogens is 1. The topological polar surface area (TPSA) is 59.4 Å². The summed E-state index contributed by atoms with van der Waals surface area (Å²) in [6.07, 6.45) is 0.461. The Labute approximate surface area is 86.7 Å². The molecule has 1 N–H and O–H groups in total. The molecule has 1 aromatic heterocycles. The van der Waals surface area contributed by atoms with Gasteiger partial charge in [0.2, 0.25) is 6.17 Å². The number of hydrogen-bond donors (Lipinski definition) is 1. The van der Waals surface area contributed by atoms with Gasteiger partial charge in [0.1, 0.15) is 5.75 Å². The van der Waals surface area contributed by atoms with Gasteiger partial charge in [0.05, 0.1) is 12.3 Å². The van der Waals surface area contributed by atoms with Crippen LogP contribution >= 0.6 is 0 Å². The number of ether oxygens (including phenoxy) is 1. The summed E-state index contributed by atoms with van der Waals surface area (Å²) in [5, 5.41) is 8.46. The molecule has 0 bridgehead atoms. The van der Waals surface area contributed by atoms with Gasteiger partial charge in [0, 0.05) is 11.8 Å². The second-order valence-electron chi connectivity index (χ2n) is 3.32. The van der Waals surface area contributed by atoms with Crippen LogP contribution in [-0.2, 0) is 4.79 Å². The van der Waals surface area contributed by atoms with E-state index in [1.165, 1.54) is 18.5 Å². The number of pyridine rings is 1. The number of nitrogens with zero attached hydrogens (tertiary/aromatic N) is 1. The zero-order valence-corrected chi connectivity index (χ0v) is 8.48. The molecule has 0 aliphatic rings. The van der Waals surface area contributed by atoms with Crippen LogP contribution in [0.4, 0.5) is 4.39 Å². The van der Waals surface area contributed by atoms with Crippen molar-refractivity contribution < 1.29 is 19.0 Å². The lowest BCUT2D eigenvalue weighted by Gasteiger charge is -2.10. The van der Waals surface area contributed by atoms with Crippen LogP contribution in [0.1, 0.15) is 25.6 Å². The fourth-order valence-corrected chi connectivity index (χ4v) is 1.05. The van der Waals surface area contributed by atoms with Gasteiger partial charge in [-0.2, -0.15) is 0 Å². The highest BCUT2D eigenvalue weighted by molar-refractivity contribution is 5.74. The van der Waals surface area contributed by atoms with Gasteiger partial charge >= 0.3 is 5.97 Å². The van der Waals surface area contributed by atoms with E-state index < -0.39 is 12.1 Å². The molecule has 5 heteroatoms. The highest BCUT2D eigenvalue weighted by atomic mass is 19.1. The zero-order valence-electron chi connectivity index (χ0n) is 8.48. The van der Waals surface area contributed by atoms with E-state index in [0.717, 1.165) is 0 Å². The van der Waals surface area contributed by atoms with Crippen molar-refractivity contribution in [3.63, 3.8) is 0 Å². The van der Waals surface area contributed by atoms with Gasteiger partial charge in [0.15, 0.2) is 0 Å². The van der Waals surface area contributed by atoms with Gasteiger partial charge in [-0.3, -0.25) is 4.98 Å². The maximum absolute atomic E-state index is 13.1. The van der Waals surface area contributed by atoms with Gasteiger partial charge in [0.25, 0.3) is 0 Å². The molecule has 4 nitrogen and oxygen atoms in total. The molecule has 0 radical (unpaired) electrons. The average molecular weight is 213 g/mol. The molecule has 1 rings (SSSR count). The Bertz CT molecular complexity index is 354. The van der Waals surface area contributed by atoms with Crippen molar-refractivity contribution in [3.8, 4) is 5.75 Å². The number of carbonyl (C=O) groups is 1. The van der Waals surface area contributed by atoms with Crippen molar-refractivity contribution in [2.45, 2.75) is 26.1 Å². The summed E-state index contributed by atoms with van der Waals surface area (Å²) in [6.45, 7) is 3.63. The second kappa shape index (κ2) is 4.72. The van der Waals surface area contributed by atoms with Gasteiger partial charge in [-0.15, -0.1) is 0 Å². The standard InChI is InChI=1S/C10H12FNO3/c1-6(2)15-8-3-7(4-12-5-8)9(11)10(13)14/h3-6,9H,1-2H3,(H,13,14). The summed E-state index contributed by atoms with van der Waals surface area (Å²) in [5.41, 5.74) is -0.0133. The van der Waals surface area contributed by atoms with Crippen LogP contribution in [-0.4, -0.2) is 22.2 Å². The molecule has 1 unspecified atom stereocenters. The lowest BCUT2D eigenvalue weighted by molar-refractivity contribution is -0.143. The van der Waals surface area contributed by atoms with E-state index in [1.54, 1.807) is 0 Å². The minimum absolute atomic E-state index is 0.0133. The zero-order chi connectivity index (χ0) is 11.4. The third-order valence-corrected chi connectivity index (χ3v) is 1.62. The molecule has 0 saturated carbocycles. The van der Waals surface area contributed by atoms with E-state index in [0.29, 0.717) is 5.75 Å². The summed E-state index contributed by atoms with van der Waals surface area (Å²) >= 11 is 0. The number of halogens is 1. The van der Waals surface area contributed by atoms with Crippen molar-refractivity contribution in [2.24, 2.45) is 0 Å². The van der Waals surface area contributed by atoms with Crippen LogP contribution < -0.4 is 4.74 Å². The van der Waals surface area contributed by atoms with Crippen molar-refractivity contribution in [1.29, 1.82) is 0 Å². The first-order valence-electron chi connectivity index (χ1n) is 4.49. The molecule has 0 saturated heterocycles. The third-order valence-electron chi connectivity index (χ3n) is 1.62. The second-order valence-corrected chi connectivity index (χ2v) is 3.32. The van der Waals surface area contributed by atoms with Crippen LogP contribution in [0.25, 0.3) is 0 Å². The molecule has 15 heavy (non-hydrogen) atoms. The van der Waals surface area contributed by atoms with Crippen LogP contribution in [0, 0.1) is 0 Å². The largest absolute Gasteiger partial charge is 0.489 e. The van der Waals surface area contributed by atoms with Crippen molar-refractivity contribution in [3.05, 3.63) is 24.0 Å². The summed E-state index contributed by atoms with van der Waals surface area (Å²) in [7, 11) is 0. The monoisotopic (exact) mass is 213 g/mol. The minimum atomic E-state index is -2.06. The normalized spacial score (nSPS) is 12.5. The first-order chi connectivity index (χ1) is 7.00. The Morgan fingerprint density at radius 1 is 1.53 bits per heavy atom. The smallest absolute Gasteiger partial charge is 0.343 e. The molecule has 1 atom stereocenters. The van der Waals surface area contributed by atoms with Crippen LogP contribution in [0.3, 0.4) is 0 Å². The molecular formula is C10H12FNO3. The highest BCUT2D eigenvalue weighted by Crippen LogP contribution is 2.21. The Morgan fingerprint density at radius 2 is 2.20 bits per heavy atom. The average Bonchev–Trinajstić information content (AvgIpc) is 2.16. The number of hydrogen-bond acceptors (Lipinski definition) is 3. The van der Waals surface area contributed by atoms with Crippen LogP contribution in [0.15, 0.2) is 18.5 Å². The van der Waals surface area contributed by atoms with Crippen LogP contribution in [0.5, 0.6) is 5.75 Å². The highest BCUT2D eigenvalue weighted by Gasteiger charge is 2.19. The predicted molar refractivity (Wildman–Crippen MR) is 51.5 cm³/mol. The summed E-state index contributed by atoms with van der Waals surface area (Å²) in [4.78, 5) is 14.1. The first-order valence-corrected chi connectivity index (χ1v) is 4.49. The van der Waals surface area contributed by atoms with Crippen molar-refractivity contribution in [2.75, 3.05) is 0 Å². The van der Waals surface area contributed by atoms with E-state index in [1.807, 2.05) is 13.8 Å². The molecule has 0 amide bonds. The SMILES string of the molecule is CC(C)Oc1cncc(C(F)C(=O)O)c1. The fourth-order valence-electron chi connectivity index (χ4n) is 1.05. The third kappa shape index (κ3) is 3.19. The maximum atomic E-state index is 13.1. The molecule has 1 heterocycles. The Balaban J connectivity index is 2.87. The van der Waals surface area contributed by atoms with Crippen molar-refractivity contribution in [1.82, 2.24) is 4.98 Å². The van der Waals surface area contributed by atoms with E-state index in [2.05, 4.69) is 4.98 Å². The predicted octanol–water partition coefficient (Wildman–Crippen LogP) is 1.96. The molecule has 0 aromatic carbocycles. The lowest BCUT2D eigenvalue weighted by atomic mass is 10.2. The molecule has 0 spiro atoms. The first kappa shape index (κ1) is 11.4. The Kier molecular flexibility index (Phi) is 3.60. The molecule has 1 aromatic rings. The van der Waals surface area contributed by atoms with Gasteiger partial charge < -0.3 is 9.84 Å². The molecule has 82 valence electrons. The van der Waals surface area contributed by atoms with Gasteiger partial charge in [-0.25, -0.2) is 9.18 Å². The number of aliphatic carboxylic acids is 1. The van der Waals surface area contributed by atoms with E-state index in [4.69, 9.17) is 9.84 Å². The maximum Gasteiger partial charge on any atom is 0.343 e. The minimum Gasteiger partial charge on any atom is -0.489 e. The van der Waals surface area contributed by atoms with Crippen LogP contribution in [0.2, 0.25) is 0 Å². The molecule has 0 aliphatic heterocycles. The number of alkyl halides is 1. The number of carboxylic acids is 1. The number of rotatable bonds is 4. The number of carboxylic acid groups (broad SMARTS) is 1. The summed E-state index contributed by atoms with van der Waals surface area (Å²) in [5.74, 6) is -1.16. The van der Waals surface area contributed by atoms with E-state index in [-0.39, 0.29) is 11.7 Å². The molecule has 0 aliphatic carbocycles. The molecule has 0 fully saturated rings. The lowest BCUT2D eigenvalue weighted by Crippen LogP contribution is -2.09.